The van der Waals surface area contributed by atoms with Crippen molar-refractivity contribution in [1.29, 1.82) is 5.26 Å². The van der Waals surface area contributed by atoms with Crippen LogP contribution in [0.1, 0.15) is 66.2 Å². The molecule has 1 atom stereocenters. The third-order valence-corrected chi connectivity index (χ3v) is 4.62. The minimum Gasteiger partial charge on any atom is -0.342 e. The molecule has 0 aliphatic heterocycles. The van der Waals surface area contributed by atoms with Crippen molar-refractivity contribution in [1.82, 2.24) is 10.2 Å². The second kappa shape index (κ2) is 9.54. The number of nitrogens with zero attached hydrogens (tertiary/aromatic N) is 2. The van der Waals surface area contributed by atoms with E-state index in [1.54, 1.807) is 4.90 Å². The van der Waals surface area contributed by atoms with E-state index in [1.807, 2.05) is 33.8 Å². The third kappa shape index (κ3) is 5.85. The smallest absolute Gasteiger partial charge is 0.235 e. The number of nitriles is 1. The fourth-order valence-corrected chi connectivity index (χ4v) is 3.61. The lowest BCUT2D eigenvalue weighted by molar-refractivity contribution is -0.145. The summed E-state index contributed by atoms with van der Waals surface area (Å²) in [6.45, 7) is 7.85. The molecule has 1 unspecified atom stereocenters. The van der Waals surface area contributed by atoms with Crippen LogP contribution in [-0.4, -0.2) is 35.3 Å². The Morgan fingerprint density at radius 3 is 2.17 bits per heavy atom. The van der Waals surface area contributed by atoms with Crippen molar-refractivity contribution in [2.24, 2.45) is 11.8 Å². The highest BCUT2D eigenvalue weighted by Gasteiger charge is 2.35. The molecule has 23 heavy (non-hydrogen) atoms. The van der Waals surface area contributed by atoms with E-state index >= 15 is 0 Å². The summed E-state index contributed by atoms with van der Waals surface area (Å²) in [5, 5.41) is 11.3. The van der Waals surface area contributed by atoms with Gasteiger partial charge in [-0.15, -0.1) is 0 Å². The fraction of sp³-hybridized carbons (Fsp3) is 0.833. The molecule has 0 aromatic heterocycles. The van der Waals surface area contributed by atoms with Gasteiger partial charge in [0.25, 0.3) is 0 Å². The Morgan fingerprint density at radius 1 is 1.13 bits per heavy atom. The summed E-state index contributed by atoms with van der Waals surface area (Å²) in [6.07, 6.45) is 6.41. The van der Waals surface area contributed by atoms with Gasteiger partial charge in [-0.1, -0.05) is 32.1 Å². The van der Waals surface area contributed by atoms with E-state index in [9.17, 15) is 9.59 Å². The largest absolute Gasteiger partial charge is 0.342 e. The van der Waals surface area contributed by atoms with Gasteiger partial charge in [0, 0.05) is 12.1 Å². The van der Waals surface area contributed by atoms with Crippen molar-refractivity contribution >= 4 is 11.8 Å². The summed E-state index contributed by atoms with van der Waals surface area (Å²) in [4.78, 5) is 27.2. The Bertz CT molecular complexity index is 426. The topological polar surface area (TPSA) is 73.2 Å². The van der Waals surface area contributed by atoms with E-state index in [0.717, 1.165) is 12.8 Å². The first-order valence-electron chi connectivity index (χ1n) is 8.85. The molecule has 0 saturated heterocycles. The van der Waals surface area contributed by atoms with Crippen LogP contribution in [0.5, 0.6) is 0 Å². The van der Waals surface area contributed by atoms with Gasteiger partial charge in [0.2, 0.25) is 11.8 Å². The number of hydrogen-bond donors (Lipinski definition) is 1. The van der Waals surface area contributed by atoms with Gasteiger partial charge in [-0.3, -0.25) is 9.59 Å². The molecular formula is C18H31N3O2. The molecule has 0 spiro atoms. The van der Waals surface area contributed by atoms with Gasteiger partial charge >= 0.3 is 0 Å². The average Bonchev–Trinajstić information content (AvgIpc) is 2.50. The number of carbonyl (C=O) groups is 2. The van der Waals surface area contributed by atoms with E-state index < -0.39 is 5.92 Å². The number of amides is 2. The zero-order valence-electron chi connectivity index (χ0n) is 15.0. The second-order valence-electron chi connectivity index (χ2n) is 7.10. The van der Waals surface area contributed by atoms with E-state index in [-0.39, 0.29) is 30.4 Å². The first kappa shape index (κ1) is 19.5. The minimum absolute atomic E-state index is 0.0450. The van der Waals surface area contributed by atoms with Crippen LogP contribution in [0.4, 0.5) is 0 Å². The van der Waals surface area contributed by atoms with Gasteiger partial charge in [-0.2, -0.15) is 5.26 Å². The molecule has 1 rings (SSSR count). The molecule has 0 aromatic rings. The number of carbonyl (C=O) groups excluding carboxylic acids is 2. The maximum absolute atomic E-state index is 13.0. The highest BCUT2D eigenvalue weighted by atomic mass is 16.2. The van der Waals surface area contributed by atoms with Crippen molar-refractivity contribution in [3.63, 3.8) is 0 Å². The lowest BCUT2D eigenvalue weighted by atomic mass is 9.82. The molecule has 5 heteroatoms. The Morgan fingerprint density at radius 2 is 1.70 bits per heavy atom. The van der Waals surface area contributed by atoms with Crippen molar-refractivity contribution < 1.29 is 9.59 Å². The van der Waals surface area contributed by atoms with Crippen LogP contribution in [0, 0.1) is 23.2 Å². The molecule has 0 radical (unpaired) electrons. The highest BCUT2D eigenvalue weighted by molar-refractivity contribution is 6.00. The van der Waals surface area contributed by atoms with E-state index in [2.05, 4.69) is 5.32 Å². The van der Waals surface area contributed by atoms with Crippen molar-refractivity contribution in [3.8, 4) is 6.07 Å². The molecule has 1 fully saturated rings. The summed E-state index contributed by atoms with van der Waals surface area (Å²) in [5.74, 6) is -0.632. The van der Waals surface area contributed by atoms with Gasteiger partial charge < -0.3 is 10.2 Å². The van der Waals surface area contributed by atoms with Crippen molar-refractivity contribution in [3.05, 3.63) is 0 Å². The lowest BCUT2D eigenvalue weighted by Gasteiger charge is -2.35. The summed E-state index contributed by atoms with van der Waals surface area (Å²) in [6, 6.07) is 2.03. The first-order chi connectivity index (χ1) is 10.9. The number of nitrogens with one attached hydrogen (secondary N) is 1. The molecule has 1 aliphatic carbocycles. The van der Waals surface area contributed by atoms with E-state index in [4.69, 9.17) is 5.26 Å². The zero-order chi connectivity index (χ0) is 17.4. The highest BCUT2D eigenvalue weighted by Crippen LogP contribution is 2.30. The van der Waals surface area contributed by atoms with Gasteiger partial charge in [-0.25, -0.2) is 0 Å². The fourth-order valence-electron chi connectivity index (χ4n) is 3.61. The Hall–Kier alpha value is -1.57. The van der Waals surface area contributed by atoms with Crippen LogP contribution in [0.3, 0.4) is 0 Å². The molecule has 2 amide bonds. The molecule has 5 nitrogen and oxygen atoms in total. The first-order valence-corrected chi connectivity index (χ1v) is 8.85. The van der Waals surface area contributed by atoms with Crippen molar-refractivity contribution in [2.45, 2.75) is 78.3 Å². The van der Waals surface area contributed by atoms with Crippen LogP contribution in [-0.2, 0) is 9.59 Å². The minimum atomic E-state index is -0.670. The number of rotatable bonds is 7. The van der Waals surface area contributed by atoms with Crippen LogP contribution in [0.25, 0.3) is 0 Å². The monoisotopic (exact) mass is 321 g/mol. The third-order valence-electron chi connectivity index (χ3n) is 4.62. The van der Waals surface area contributed by atoms with Crippen LogP contribution in [0.15, 0.2) is 0 Å². The van der Waals surface area contributed by atoms with Crippen LogP contribution < -0.4 is 5.32 Å². The van der Waals surface area contributed by atoms with E-state index in [0.29, 0.717) is 12.3 Å². The summed E-state index contributed by atoms with van der Waals surface area (Å²) < 4.78 is 0. The molecule has 0 heterocycles. The normalized spacial score (nSPS) is 16.9. The SMILES string of the molecule is CC(C)N(C(=O)C(CC1CCCCC1)C(=O)NCC#N)C(C)C. The summed E-state index contributed by atoms with van der Waals surface area (Å²) in [5.41, 5.74) is 0. The Kier molecular flexibility index (Phi) is 8.08. The van der Waals surface area contributed by atoms with Gasteiger partial charge in [0.05, 0.1) is 6.07 Å². The quantitative estimate of drug-likeness (QED) is 0.579. The Balaban J connectivity index is 2.89. The predicted molar refractivity (Wildman–Crippen MR) is 90.4 cm³/mol. The molecule has 1 saturated carbocycles. The lowest BCUT2D eigenvalue weighted by Crippen LogP contribution is -2.49. The molecule has 1 aliphatic rings. The molecule has 0 aromatic carbocycles. The maximum atomic E-state index is 13.0. The maximum Gasteiger partial charge on any atom is 0.235 e. The molecule has 0 bridgehead atoms. The second-order valence-corrected chi connectivity index (χ2v) is 7.10. The Labute approximate surface area is 140 Å². The summed E-state index contributed by atoms with van der Waals surface area (Å²) >= 11 is 0. The molecule has 130 valence electrons. The molecular weight excluding hydrogens is 290 g/mol. The van der Waals surface area contributed by atoms with Gasteiger partial charge in [0.15, 0.2) is 0 Å². The standard InChI is InChI=1S/C18H31N3O2/c1-13(2)21(14(3)4)18(23)16(17(22)20-11-10-19)12-15-8-6-5-7-9-15/h13-16H,5-9,11-12H2,1-4H3,(H,20,22). The predicted octanol–water partition coefficient (Wildman–Crippen LogP) is 2.86. The zero-order valence-corrected chi connectivity index (χ0v) is 15.0. The van der Waals surface area contributed by atoms with Crippen LogP contribution >= 0.6 is 0 Å². The van der Waals surface area contributed by atoms with Crippen LogP contribution in [0.2, 0.25) is 0 Å². The van der Waals surface area contributed by atoms with Gasteiger partial charge in [-0.05, 0) is 40.0 Å². The summed E-state index contributed by atoms with van der Waals surface area (Å²) in [7, 11) is 0. The molecule has 1 N–H and O–H groups in total. The van der Waals surface area contributed by atoms with Gasteiger partial charge in [0.1, 0.15) is 12.5 Å². The number of hydrogen-bond acceptors (Lipinski definition) is 3. The van der Waals surface area contributed by atoms with Crippen molar-refractivity contribution in [2.75, 3.05) is 6.54 Å². The van der Waals surface area contributed by atoms with E-state index in [1.165, 1.54) is 19.3 Å². The average molecular weight is 321 g/mol.